The van der Waals surface area contributed by atoms with E-state index in [4.69, 9.17) is 0 Å². The lowest BCUT2D eigenvalue weighted by molar-refractivity contribution is -0.137. The van der Waals surface area contributed by atoms with Gasteiger partial charge in [0.05, 0.1) is 6.54 Å². The normalized spacial score (nSPS) is 11.5. The molecule has 0 spiro atoms. The van der Waals surface area contributed by atoms with Crippen LogP contribution in [0.4, 0.5) is 13.2 Å². The van der Waals surface area contributed by atoms with Crippen LogP contribution in [0.3, 0.4) is 0 Å². The third kappa shape index (κ3) is 6.04. The molecule has 0 aliphatic rings. The first-order valence-electron chi connectivity index (χ1n) is 4.64. The van der Waals surface area contributed by atoms with Crippen molar-refractivity contribution in [1.82, 2.24) is 10.6 Å². The standard InChI is InChI=1S/C9H10BrF3N2OS/c10-6-1-2-17-7(6)3-14-4-8(16)15-5-9(11,12)13/h1-2,14H,3-5H2,(H,15,16). The van der Waals surface area contributed by atoms with E-state index in [1.54, 1.807) is 5.32 Å². The van der Waals surface area contributed by atoms with Gasteiger partial charge in [0.1, 0.15) is 6.54 Å². The molecule has 0 unspecified atom stereocenters. The van der Waals surface area contributed by atoms with E-state index in [1.807, 2.05) is 11.4 Å². The van der Waals surface area contributed by atoms with Gasteiger partial charge in [-0.25, -0.2) is 0 Å². The van der Waals surface area contributed by atoms with Gasteiger partial charge in [-0.1, -0.05) is 0 Å². The third-order valence-corrected chi connectivity index (χ3v) is 3.67. The molecule has 0 aromatic carbocycles. The number of thiophene rings is 1. The summed E-state index contributed by atoms with van der Waals surface area (Å²) in [7, 11) is 0. The second-order valence-corrected chi connectivity index (χ2v) is 5.04. The number of hydrogen-bond donors (Lipinski definition) is 2. The van der Waals surface area contributed by atoms with Crippen LogP contribution in [0.15, 0.2) is 15.9 Å². The summed E-state index contributed by atoms with van der Waals surface area (Å²) in [6.45, 7) is -0.992. The average molecular weight is 331 g/mol. The first-order chi connectivity index (χ1) is 7.88. The number of alkyl halides is 3. The summed E-state index contributed by atoms with van der Waals surface area (Å²) in [6, 6.07) is 1.87. The molecular formula is C9H10BrF3N2OS. The maximum Gasteiger partial charge on any atom is 0.405 e. The fraction of sp³-hybridized carbons (Fsp3) is 0.444. The second kappa shape index (κ2) is 6.36. The van der Waals surface area contributed by atoms with E-state index in [0.717, 1.165) is 9.35 Å². The van der Waals surface area contributed by atoms with E-state index in [0.29, 0.717) is 6.54 Å². The van der Waals surface area contributed by atoms with Crippen molar-refractivity contribution in [3.05, 3.63) is 20.8 Å². The number of amides is 1. The fourth-order valence-corrected chi connectivity index (χ4v) is 2.46. The Morgan fingerprint density at radius 3 is 2.71 bits per heavy atom. The minimum atomic E-state index is -4.37. The lowest BCUT2D eigenvalue weighted by atomic mass is 10.4. The SMILES string of the molecule is O=C(CNCc1sccc1Br)NCC(F)(F)F. The number of nitrogens with one attached hydrogen (secondary N) is 2. The zero-order valence-corrected chi connectivity index (χ0v) is 11.0. The smallest absolute Gasteiger partial charge is 0.346 e. The molecule has 17 heavy (non-hydrogen) atoms. The highest BCUT2D eigenvalue weighted by Crippen LogP contribution is 2.21. The molecule has 2 N–H and O–H groups in total. The average Bonchev–Trinajstić information content (AvgIpc) is 2.61. The maximum absolute atomic E-state index is 11.8. The lowest BCUT2D eigenvalue weighted by Crippen LogP contribution is -2.39. The molecule has 0 radical (unpaired) electrons. The minimum Gasteiger partial charge on any atom is -0.346 e. The largest absolute Gasteiger partial charge is 0.405 e. The highest BCUT2D eigenvalue weighted by molar-refractivity contribution is 9.10. The monoisotopic (exact) mass is 330 g/mol. The van der Waals surface area contributed by atoms with Crippen LogP contribution in [-0.4, -0.2) is 25.2 Å². The molecular weight excluding hydrogens is 321 g/mol. The third-order valence-electron chi connectivity index (χ3n) is 1.75. The van der Waals surface area contributed by atoms with Crippen molar-refractivity contribution in [2.24, 2.45) is 0 Å². The second-order valence-electron chi connectivity index (χ2n) is 3.19. The first-order valence-corrected chi connectivity index (χ1v) is 6.32. The summed E-state index contributed by atoms with van der Waals surface area (Å²) >= 11 is 4.81. The number of carbonyl (C=O) groups excluding carboxylic acids is 1. The van der Waals surface area contributed by atoms with E-state index in [2.05, 4.69) is 21.2 Å². The molecule has 0 aliphatic carbocycles. The zero-order chi connectivity index (χ0) is 12.9. The van der Waals surface area contributed by atoms with Gasteiger partial charge >= 0.3 is 6.18 Å². The van der Waals surface area contributed by atoms with E-state index in [9.17, 15) is 18.0 Å². The van der Waals surface area contributed by atoms with Gasteiger partial charge in [-0.05, 0) is 27.4 Å². The van der Waals surface area contributed by atoms with Crippen LogP contribution in [0.25, 0.3) is 0 Å². The van der Waals surface area contributed by atoms with Crippen molar-refractivity contribution in [1.29, 1.82) is 0 Å². The van der Waals surface area contributed by atoms with Crippen LogP contribution in [-0.2, 0) is 11.3 Å². The van der Waals surface area contributed by atoms with Gasteiger partial charge in [-0.2, -0.15) is 13.2 Å². The molecule has 1 aromatic heterocycles. The van der Waals surface area contributed by atoms with Crippen molar-refractivity contribution < 1.29 is 18.0 Å². The number of carbonyl (C=O) groups is 1. The van der Waals surface area contributed by atoms with Crippen LogP contribution in [0, 0.1) is 0 Å². The highest BCUT2D eigenvalue weighted by atomic mass is 79.9. The summed E-state index contributed by atoms with van der Waals surface area (Å²) in [4.78, 5) is 12.0. The quantitative estimate of drug-likeness (QED) is 0.869. The molecule has 8 heteroatoms. The van der Waals surface area contributed by atoms with E-state index < -0.39 is 18.6 Å². The topological polar surface area (TPSA) is 41.1 Å². The van der Waals surface area contributed by atoms with Crippen LogP contribution in [0.2, 0.25) is 0 Å². The minimum absolute atomic E-state index is 0.138. The first kappa shape index (κ1) is 14.5. The van der Waals surface area contributed by atoms with Crippen LogP contribution in [0.5, 0.6) is 0 Å². The molecule has 1 heterocycles. The van der Waals surface area contributed by atoms with Gasteiger partial charge in [-0.15, -0.1) is 11.3 Å². The molecule has 0 aliphatic heterocycles. The Morgan fingerprint density at radius 2 is 2.18 bits per heavy atom. The predicted octanol–water partition coefficient (Wildman–Crippen LogP) is 2.28. The molecule has 1 amide bonds. The number of rotatable bonds is 5. The van der Waals surface area contributed by atoms with Gasteiger partial charge in [-0.3, -0.25) is 4.79 Å². The zero-order valence-electron chi connectivity index (χ0n) is 8.60. The molecule has 1 rings (SSSR count). The molecule has 0 saturated heterocycles. The molecule has 3 nitrogen and oxygen atoms in total. The van der Waals surface area contributed by atoms with Gasteiger partial charge in [0.25, 0.3) is 0 Å². The van der Waals surface area contributed by atoms with Crippen LogP contribution in [0.1, 0.15) is 4.88 Å². The summed E-state index contributed by atoms with van der Waals surface area (Å²) in [6.07, 6.45) is -4.37. The van der Waals surface area contributed by atoms with Gasteiger partial charge in [0.2, 0.25) is 5.91 Å². The van der Waals surface area contributed by atoms with Gasteiger partial charge in [0.15, 0.2) is 0 Å². The van der Waals surface area contributed by atoms with Crippen molar-refractivity contribution in [2.45, 2.75) is 12.7 Å². The Hall–Kier alpha value is -0.600. The number of hydrogen-bond acceptors (Lipinski definition) is 3. The number of halogens is 4. The lowest BCUT2D eigenvalue weighted by Gasteiger charge is -2.08. The van der Waals surface area contributed by atoms with Gasteiger partial charge < -0.3 is 10.6 Å². The summed E-state index contributed by atoms with van der Waals surface area (Å²) in [5.41, 5.74) is 0. The molecule has 96 valence electrons. The van der Waals surface area contributed by atoms with Crippen molar-refractivity contribution in [3.8, 4) is 0 Å². The molecule has 1 aromatic rings. The van der Waals surface area contributed by atoms with Gasteiger partial charge in [0, 0.05) is 15.9 Å². The Labute approximate surface area is 109 Å². The molecule has 0 atom stereocenters. The van der Waals surface area contributed by atoms with E-state index in [-0.39, 0.29) is 6.54 Å². The van der Waals surface area contributed by atoms with Crippen molar-refractivity contribution >= 4 is 33.2 Å². The van der Waals surface area contributed by atoms with E-state index in [1.165, 1.54) is 11.3 Å². The van der Waals surface area contributed by atoms with Crippen molar-refractivity contribution in [2.75, 3.05) is 13.1 Å². The predicted molar refractivity (Wildman–Crippen MR) is 62.8 cm³/mol. The van der Waals surface area contributed by atoms with Crippen molar-refractivity contribution in [3.63, 3.8) is 0 Å². The summed E-state index contributed by atoms with van der Waals surface area (Å²) in [5.74, 6) is -0.671. The Kier molecular flexibility index (Phi) is 5.41. The van der Waals surface area contributed by atoms with Crippen LogP contribution >= 0.6 is 27.3 Å². The summed E-state index contributed by atoms with van der Waals surface area (Å²) < 4.78 is 36.2. The summed E-state index contributed by atoms with van der Waals surface area (Å²) in [5, 5.41) is 6.43. The molecule has 0 saturated carbocycles. The molecule has 0 fully saturated rings. The Balaban J connectivity index is 2.19. The Morgan fingerprint density at radius 1 is 1.47 bits per heavy atom. The Bertz CT molecular complexity index is 381. The van der Waals surface area contributed by atoms with Crippen LogP contribution < -0.4 is 10.6 Å². The maximum atomic E-state index is 11.8. The highest BCUT2D eigenvalue weighted by Gasteiger charge is 2.27. The van der Waals surface area contributed by atoms with E-state index >= 15 is 0 Å². The molecule has 0 bridgehead atoms. The fourth-order valence-electron chi connectivity index (χ4n) is 1.00.